The molecular weight excluding hydrogens is 381 g/mol. The quantitative estimate of drug-likeness (QED) is 0.554. The maximum absolute atomic E-state index is 12.8. The van der Waals surface area contributed by atoms with Gasteiger partial charge in [0.15, 0.2) is 0 Å². The lowest BCUT2D eigenvalue weighted by Crippen LogP contribution is -2.21. The number of benzene rings is 1. The number of alkyl halides is 1. The van der Waals surface area contributed by atoms with Crippen LogP contribution in [0, 0.1) is 6.92 Å². The summed E-state index contributed by atoms with van der Waals surface area (Å²) >= 11 is 0. The molecule has 2 N–H and O–H groups in total. The van der Waals surface area contributed by atoms with Crippen molar-refractivity contribution < 1.29 is 17.5 Å². The number of pyridine rings is 1. The second-order valence-corrected chi connectivity index (χ2v) is 8.29. The lowest BCUT2D eigenvalue weighted by atomic mass is 10.0. The van der Waals surface area contributed by atoms with Crippen LogP contribution >= 0.6 is 0 Å². The van der Waals surface area contributed by atoms with Crippen LogP contribution in [0.2, 0.25) is 0 Å². The van der Waals surface area contributed by atoms with Gasteiger partial charge in [-0.05, 0) is 43.7 Å². The SMILES string of the molecule is CCCNCCOc1ccc(NS(=O)(=O)c2ccc([C@H](C)CF)cc2)c(C)n1. The molecule has 28 heavy (non-hydrogen) atoms. The molecule has 0 amide bonds. The van der Waals surface area contributed by atoms with Crippen LogP contribution in [-0.4, -0.2) is 39.8 Å². The molecule has 0 spiro atoms. The molecule has 0 bridgehead atoms. The van der Waals surface area contributed by atoms with Crippen LogP contribution in [0.15, 0.2) is 41.3 Å². The van der Waals surface area contributed by atoms with Crippen molar-refractivity contribution in [2.75, 3.05) is 31.1 Å². The van der Waals surface area contributed by atoms with Crippen LogP contribution < -0.4 is 14.8 Å². The van der Waals surface area contributed by atoms with E-state index in [-0.39, 0.29) is 10.8 Å². The van der Waals surface area contributed by atoms with Gasteiger partial charge in [-0.1, -0.05) is 26.0 Å². The molecule has 8 heteroatoms. The molecule has 2 rings (SSSR count). The molecule has 2 aromatic rings. The number of nitrogens with zero attached hydrogens (tertiary/aromatic N) is 1. The topological polar surface area (TPSA) is 80.3 Å². The van der Waals surface area contributed by atoms with Crippen molar-refractivity contribution in [3.05, 3.63) is 47.7 Å². The lowest BCUT2D eigenvalue weighted by Gasteiger charge is -2.13. The minimum absolute atomic E-state index is 0.115. The lowest BCUT2D eigenvalue weighted by molar-refractivity contribution is 0.302. The van der Waals surface area contributed by atoms with E-state index in [0.717, 1.165) is 25.1 Å². The minimum atomic E-state index is -3.76. The van der Waals surface area contributed by atoms with E-state index >= 15 is 0 Å². The highest BCUT2D eigenvalue weighted by Crippen LogP contribution is 2.23. The Morgan fingerprint density at radius 3 is 2.46 bits per heavy atom. The smallest absolute Gasteiger partial charge is 0.261 e. The zero-order valence-corrected chi connectivity index (χ0v) is 17.4. The summed E-state index contributed by atoms with van der Waals surface area (Å²) in [5.41, 5.74) is 1.66. The predicted octanol–water partition coefficient (Wildman–Crippen LogP) is 3.64. The number of anilines is 1. The van der Waals surface area contributed by atoms with E-state index in [1.807, 2.05) is 0 Å². The first-order valence-electron chi connectivity index (χ1n) is 9.37. The largest absolute Gasteiger partial charge is 0.476 e. The number of aromatic nitrogens is 1. The van der Waals surface area contributed by atoms with E-state index in [1.54, 1.807) is 38.1 Å². The highest BCUT2D eigenvalue weighted by atomic mass is 32.2. The summed E-state index contributed by atoms with van der Waals surface area (Å²) in [5, 5.41) is 3.23. The highest BCUT2D eigenvalue weighted by molar-refractivity contribution is 7.92. The Morgan fingerprint density at radius 2 is 1.86 bits per heavy atom. The molecule has 1 atom stereocenters. The van der Waals surface area contributed by atoms with E-state index in [2.05, 4.69) is 21.9 Å². The summed E-state index contributed by atoms with van der Waals surface area (Å²) < 4.78 is 46.1. The highest BCUT2D eigenvalue weighted by Gasteiger charge is 2.17. The predicted molar refractivity (Wildman–Crippen MR) is 109 cm³/mol. The molecule has 6 nitrogen and oxygen atoms in total. The zero-order chi connectivity index (χ0) is 20.6. The molecule has 1 aromatic heterocycles. The average molecular weight is 410 g/mol. The van der Waals surface area contributed by atoms with Crippen LogP contribution in [0.1, 0.15) is 37.4 Å². The third-order valence-electron chi connectivity index (χ3n) is 4.25. The Bertz CT molecular complexity index is 857. The first-order chi connectivity index (χ1) is 13.4. The van der Waals surface area contributed by atoms with Gasteiger partial charge in [-0.15, -0.1) is 0 Å². The summed E-state index contributed by atoms with van der Waals surface area (Å²) in [6.07, 6.45) is 1.06. The first kappa shape index (κ1) is 22.1. The van der Waals surface area contributed by atoms with Crippen LogP contribution in [0.4, 0.5) is 10.1 Å². The van der Waals surface area contributed by atoms with Gasteiger partial charge in [-0.2, -0.15) is 0 Å². The van der Waals surface area contributed by atoms with Crippen LogP contribution in [0.5, 0.6) is 5.88 Å². The number of nitrogens with one attached hydrogen (secondary N) is 2. The van der Waals surface area contributed by atoms with Gasteiger partial charge in [0, 0.05) is 18.5 Å². The minimum Gasteiger partial charge on any atom is -0.476 e. The van der Waals surface area contributed by atoms with Crippen LogP contribution in [0.3, 0.4) is 0 Å². The summed E-state index contributed by atoms with van der Waals surface area (Å²) in [5.74, 6) is 0.184. The molecule has 1 aromatic carbocycles. The van der Waals surface area contributed by atoms with Crippen molar-refractivity contribution in [2.45, 2.75) is 38.0 Å². The summed E-state index contributed by atoms with van der Waals surface area (Å²) in [4.78, 5) is 4.41. The molecule has 0 radical (unpaired) electrons. The van der Waals surface area contributed by atoms with Crippen LogP contribution in [0.25, 0.3) is 0 Å². The molecule has 0 aliphatic rings. The molecule has 0 fully saturated rings. The number of hydrogen-bond acceptors (Lipinski definition) is 5. The van der Waals surface area contributed by atoms with Gasteiger partial charge in [0.05, 0.1) is 23.0 Å². The van der Waals surface area contributed by atoms with Gasteiger partial charge in [0.25, 0.3) is 10.0 Å². The molecule has 0 saturated carbocycles. The third-order valence-corrected chi connectivity index (χ3v) is 5.63. The van der Waals surface area contributed by atoms with Crippen molar-refractivity contribution in [3.8, 4) is 5.88 Å². The standard InChI is InChI=1S/C20H28FN3O3S/c1-4-11-22-12-13-27-20-10-9-19(16(3)23-20)24-28(25,26)18-7-5-17(6-8-18)15(2)14-21/h5-10,15,22,24H,4,11-14H2,1-3H3/t15-/m1/s1. The van der Waals surface area contributed by atoms with Crippen molar-refractivity contribution in [1.29, 1.82) is 0 Å². The number of ether oxygens (including phenoxy) is 1. The molecule has 0 aliphatic heterocycles. The van der Waals surface area contributed by atoms with E-state index in [4.69, 9.17) is 4.74 Å². The number of hydrogen-bond donors (Lipinski definition) is 2. The van der Waals surface area contributed by atoms with Crippen molar-refractivity contribution in [2.24, 2.45) is 0 Å². The van der Waals surface area contributed by atoms with Gasteiger partial charge in [0.2, 0.25) is 5.88 Å². The van der Waals surface area contributed by atoms with Gasteiger partial charge in [-0.3, -0.25) is 9.11 Å². The van der Waals surface area contributed by atoms with Crippen LogP contribution in [-0.2, 0) is 10.0 Å². The Balaban J connectivity index is 2.03. The maximum Gasteiger partial charge on any atom is 0.261 e. The van der Waals surface area contributed by atoms with Crippen molar-refractivity contribution in [1.82, 2.24) is 10.3 Å². The fourth-order valence-corrected chi connectivity index (χ4v) is 3.64. The zero-order valence-electron chi connectivity index (χ0n) is 16.5. The van der Waals surface area contributed by atoms with Gasteiger partial charge >= 0.3 is 0 Å². The molecular formula is C20H28FN3O3S. The summed E-state index contributed by atoms with van der Waals surface area (Å²) in [6, 6.07) is 9.49. The Hall–Kier alpha value is -2.19. The second kappa shape index (κ2) is 10.4. The van der Waals surface area contributed by atoms with E-state index in [9.17, 15) is 12.8 Å². The fourth-order valence-electron chi connectivity index (χ4n) is 2.52. The van der Waals surface area contributed by atoms with E-state index in [0.29, 0.717) is 23.9 Å². The normalized spacial score (nSPS) is 12.6. The molecule has 0 saturated heterocycles. The molecule has 154 valence electrons. The van der Waals surface area contributed by atoms with E-state index in [1.165, 1.54) is 12.1 Å². The maximum atomic E-state index is 12.8. The fraction of sp³-hybridized carbons (Fsp3) is 0.450. The monoisotopic (exact) mass is 409 g/mol. The third kappa shape index (κ3) is 6.17. The molecule has 0 aliphatic carbocycles. The van der Waals surface area contributed by atoms with Gasteiger partial charge in [-0.25, -0.2) is 13.4 Å². The average Bonchev–Trinajstić information content (AvgIpc) is 2.69. The Morgan fingerprint density at radius 1 is 1.14 bits per heavy atom. The number of halogens is 1. The Kier molecular flexibility index (Phi) is 8.19. The first-order valence-corrected chi connectivity index (χ1v) is 10.9. The summed E-state index contributed by atoms with van der Waals surface area (Å²) in [7, 11) is -3.76. The van der Waals surface area contributed by atoms with Crippen molar-refractivity contribution in [3.63, 3.8) is 0 Å². The van der Waals surface area contributed by atoms with Crippen molar-refractivity contribution >= 4 is 15.7 Å². The number of aryl methyl sites for hydroxylation is 1. The second-order valence-electron chi connectivity index (χ2n) is 6.61. The Labute approximate surface area is 166 Å². The molecule has 0 unspecified atom stereocenters. The van der Waals surface area contributed by atoms with E-state index < -0.39 is 16.7 Å². The number of rotatable bonds is 11. The molecule has 1 heterocycles. The van der Waals surface area contributed by atoms with Gasteiger partial charge in [0.1, 0.15) is 6.61 Å². The number of sulfonamides is 1. The van der Waals surface area contributed by atoms with Gasteiger partial charge < -0.3 is 10.1 Å². The summed E-state index contributed by atoms with van der Waals surface area (Å²) in [6.45, 7) is 7.22.